The molecule has 26 heavy (non-hydrogen) atoms. The summed E-state index contributed by atoms with van der Waals surface area (Å²) in [5, 5.41) is 0. The van der Waals surface area contributed by atoms with Crippen molar-refractivity contribution in [1.82, 2.24) is 4.72 Å². The van der Waals surface area contributed by atoms with Gasteiger partial charge in [-0.05, 0) is 61.2 Å². The molecule has 142 valence electrons. The van der Waals surface area contributed by atoms with E-state index in [4.69, 9.17) is 14.2 Å². The van der Waals surface area contributed by atoms with Crippen LogP contribution in [0, 0.1) is 13.8 Å². The van der Waals surface area contributed by atoms with E-state index in [-0.39, 0.29) is 11.4 Å². The summed E-state index contributed by atoms with van der Waals surface area (Å²) in [6.07, 6.45) is 0.521. The molecule has 0 saturated carbocycles. The van der Waals surface area contributed by atoms with Crippen LogP contribution in [0.3, 0.4) is 0 Å². The summed E-state index contributed by atoms with van der Waals surface area (Å²) in [4.78, 5) is 0.149. The van der Waals surface area contributed by atoms with Crippen LogP contribution in [0.4, 0.5) is 0 Å². The van der Waals surface area contributed by atoms with Gasteiger partial charge in [0.25, 0.3) is 0 Å². The summed E-state index contributed by atoms with van der Waals surface area (Å²) >= 11 is 0. The van der Waals surface area contributed by atoms with Crippen molar-refractivity contribution in [3.8, 4) is 17.2 Å². The van der Waals surface area contributed by atoms with Crippen molar-refractivity contribution >= 4 is 10.0 Å². The lowest BCUT2D eigenvalue weighted by atomic mass is 10.1. The molecule has 0 unspecified atom stereocenters. The number of hydrogen-bond donors (Lipinski definition) is 1. The maximum Gasteiger partial charge on any atom is 0.244 e. The fourth-order valence-electron chi connectivity index (χ4n) is 2.58. The maximum atomic E-state index is 12.7. The number of ether oxygens (including phenoxy) is 3. The highest BCUT2D eigenvalue weighted by molar-refractivity contribution is 7.89. The normalized spacial score (nSPS) is 11.3. The largest absolute Gasteiger partial charge is 0.495 e. The quantitative estimate of drug-likeness (QED) is 0.763. The molecule has 0 aliphatic heterocycles. The van der Waals surface area contributed by atoms with Gasteiger partial charge in [-0.25, -0.2) is 13.1 Å². The van der Waals surface area contributed by atoms with Crippen molar-refractivity contribution in [2.45, 2.75) is 25.2 Å². The Labute approximate surface area is 155 Å². The molecular formula is C19H25NO5S. The van der Waals surface area contributed by atoms with Crippen molar-refractivity contribution in [3.63, 3.8) is 0 Å². The molecule has 0 spiro atoms. The topological polar surface area (TPSA) is 73.9 Å². The Morgan fingerprint density at radius 3 is 2.08 bits per heavy atom. The second kappa shape index (κ2) is 8.42. The third kappa shape index (κ3) is 4.47. The van der Waals surface area contributed by atoms with Gasteiger partial charge in [0.05, 0.1) is 21.3 Å². The van der Waals surface area contributed by atoms with Crippen LogP contribution in [0.15, 0.2) is 35.2 Å². The Balaban J connectivity index is 2.13. The zero-order valence-corrected chi connectivity index (χ0v) is 16.6. The van der Waals surface area contributed by atoms with E-state index in [2.05, 4.69) is 4.72 Å². The average Bonchev–Trinajstić information content (AvgIpc) is 2.63. The van der Waals surface area contributed by atoms with Crippen LogP contribution in [-0.4, -0.2) is 36.3 Å². The maximum absolute atomic E-state index is 12.7. The first kappa shape index (κ1) is 20.1. The van der Waals surface area contributed by atoms with E-state index in [9.17, 15) is 8.42 Å². The van der Waals surface area contributed by atoms with Gasteiger partial charge in [-0.1, -0.05) is 6.07 Å². The fourth-order valence-corrected chi connectivity index (χ4v) is 3.84. The standard InChI is InChI=1S/C19H25NO5S/c1-13-10-18(25-5)19(11-14(13)2)26(21,22)20-9-8-15-6-7-16(23-3)17(12-15)24-4/h6-7,10-12,20H,8-9H2,1-5H3. The Morgan fingerprint density at radius 2 is 1.46 bits per heavy atom. The van der Waals surface area contributed by atoms with Crippen molar-refractivity contribution in [1.29, 1.82) is 0 Å². The average molecular weight is 379 g/mol. The smallest absolute Gasteiger partial charge is 0.244 e. The van der Waals surface area contributed by atoms with E-state index in [1.165, 1.54) is 7.11 Å². The van der Waals surface area contributed by atoms with E-state index in [1.807, 2.05) is 26.0 Å². The lowest BCUT2D eigenvalue weighted by Gasteiger charge is -2.13. The van der Waals surface area contributed by atoms with Crippen molar-refractivity contribution in [2.24, 2.45) is 0 Å². The number of hydrogen-bond acceptors (Lipinski definition) is 5. The lowest BCUT2D eigenvalue weighted by Crippen LogP contribution is -2.26. The molecule has 0 saturated heterocycles. The molecule has 0 bridgehead atoms. The Bertz CT molecular complexity index is 878. The summed E-state index contributed by atoms with van der Waals surface area (Å²) in [6.45, 7) is 4.05. The predicted octanol–water partition coefficient (Wildman–Crippen LogP) is 2.85. The van der Waals surface area contributed by atoms with Crippen LogP contribution >= 0.6 is 0 Å². The van der Waals surface area contributed by atoms with Gasteiger partial charge < -0.3 is 14.2 Å². The van der Waals surface area contributed by atoms with Crippen molar-refractivity contribution < 1.29 is 22.6 Å². The fraction of sp³-hybridized carbons (Fsp3) is 0.368. The van der Waals surface area contributed by atoms with Gasteiger partial charge in [-0.15, -0.1) is 0 Å². The van der Waals surface area contributed by atoms with Gasteiger partial charge >= 0.3 is 0 Å². The third-order valence-electron chi connectivity index (χ3n) is 4.22. The van der Waals surface area contributed by atoms with E-state index in [1.54, 1.807) is 32.4 Å². The SMILES string of the molecule is COc1ccc(CCNS(=O)(=O)c2cc(C)c(C)cc2OC)cc1OC. The number of rotatable bonds is 8. The Kier molecular flexibility index (Phi) is 6.50. The molecule has 2 rings (SSSR count). The highest BCUT2D eigenvalue weighted by Crippen LogP contribution is 2.28. The molecule has 0 atom stereocenters. The number of benzene rings is 2. The van der Waals surface area contributed by atoms with Gasteiger partial charge in [0.2, 0.25) is 10.0 Å². The zero-order valence-electron chi connectivity index (χ0n) is 15.8. The molecule has 2 aromatic rings. The summed E-state index contributed by atoms with van der Waals surface area (Å²) in [7, 11) is 0.931. The lowest BCUT2D eigenvalue weighted by molar-refractivity contribution is 0.354. The van der Waals surface area contributed by atoms with Gasteiger partial charge in [0.1, 0.15) is 10.6 Å². The highest BCUT2D eigenvalue weighted by Gasteiger charge is 2.20. The molecule has 0 fully saturated rings. The predicted molar refractivity (Wildman–Crippen MR) is 101 cm³/mol. The number of methoxy groups -OCH3 is 3. The van der Waals surface area contributed by atoms with Crippen LogP contribution in [-0.2, 0) is 16.4 Å². The van der Waals surface area contributed by atoms with Crippen LogP contribution in [0.25, 0.3) is 0 Å². The molecular weight excluding hydrogens is 354 g/mol. The minimum absolute atomic E-state index is 0.149. The highest BCUT2D eigenvalue weighted by atomic mass is 32.2. The summed E-state index contributed by atoms with van der Waals surface area (Å²) in [5.41, 5.74) is 2.81. The number of aryl methyl sites for hydroxylation is 2. The van der Waals surface area contributed by atoms with E-state index >= 15 is 0 Å². The second-order valence-electron chi connectivity index (χ2n) is 5.92. The molecule has 1 N–H and O–H groups in total. The first-order valence-corrected chi connectivity index (χ1v) is 9.66. The van der Waals surface area contributed by atoms with Crippen LogP contribution < -0.4 is 18.9 Å². The Morgan fingerprint density at radius 1 is 0.846 bits per heavy atom. The molecule has 2 aromatic carbocycles. The first-order chi connectivity index (χ1) is 12.3. The van der Waals surface area contributed by atoms with Gasteiger partial charge in [0, 0.05) is 6.54 Å². The monoisotopic (exact) mass is 379 g/mol. The molecule has 0 aromatic heterocycles. The molecule has 6 nitrogen and oxygen atoms in total. The van der Waals surface area contributed by atoms with Crippen LogP contribution in [0.2, 0.25) is 0 Å². The first-order valence-electron chi connectivity index (χ1n) is 8.18. The third-order valence-corrected chi connectivity index (χ3v) is 5.71. The van der Waals surface area contributed by atoms with E-state index in [0.29, 0.717) is 23.7 Å². The van der Waals surface area contributed by atoms with Crippen molar-refractivity contribution in [2.75, 3.05) is 27.9 Å². The summed E-state index contributed by atoms with van der Waals surface area (Å²) in [5.74, 6) is 1.59. The Hall–Kier alpha value is -2.25. The molecule has 7 heteroatoms. The molecule has 0 heterocycles. The number of sulfonamides is 1. The van der Waals surface area contributed by atoms with E-state index < -0.39 is 10.0 Å². The van der Waals surface area contributed by atoms with Crippen LogP contribution in [0.1, 0.15) is 16.7 Å². The summed E-state index contributed by atoms with van der Waals surface area (Å²) < 4.78 is 43.6. The van der Waals surface area contributed by atoms with Gasteiger partial charge in [-0.2, -0.15) is 0 Å². The summed E-state index contributed by atoms with van der Waals surface area (Å²) in [6, 6.07) is 8.89. The van der Waals surface area contributed by atoms with Gasteiger partial charge in [-0.3, -0.25) is 0 Å². The molecule has 0 amide bonds. The molecule has 0 aliphatic carbocycles. The zero-order chi connectivity index (χ0) is 19.3. The minimum atomic E-state index is -3.67. The van der Waals surface area contributed by atoms with Crippen LogP contribution in [0.5, 0.6) is 17.2 Å². The molecule has 0 aliphatic rings. The van der Waals surface area contributed by atoms with Gasteiger partial charge in [0.15, 0.2) is 11.5 Å². The number of nitrogens with one attached hydrogen (secondary N) is 1. The second-order valence-corrected chi connectivity index (χ2v) is 7.66. The minimum Gasteiger partial charge on any atom is -0.495 e. The molecule has 0 radical (unpaired) electrons. The van der Waals surface area contributed by atoms with Crippen molar-refractivity contribution in [3.05, 3.63) is 47.0 Å². The van der Waals surface area contributed by atoms with E-state index in [0.717, 1.165) is 16.7 Å².